The molecular weight excluding hydrogens is 200 g/mol. The van der Waals surface area contributed by atoms with Crippen molar-refractivity contribution in [2.45, 2.75) is 52.2 Å². The van der Waals surface area contributed by atoms with Gasteiger partial charge in [0.25, 0.3) is 0 Å². The molecule has 0 amide bonds. The van der Waals surface area contributed by atoms with E-state index in [2.05, 4.69) is 33.8 Å². The van der Waals surface area contributed by atoms with Crippen molar-refractivity contribution < 1.29 is 9.47 Å². The van der Waals surface area contributed by atoms with E-state index in [-0.39, 0.29) is 5.60 Å². The van der Waals surface area contributed by atoms with Gasteiger partial charge in [-0.25, -0.2) is 0 Å². The summed E-state index contributed by atoms with van der Waals surface area (Å²) in [5.74, 6) is 1.82. The van der Waals surface area contributed by atoms with Crippen LogP contribution in [0.15, 0.2) is 18.2 Å². The number of rotatable bonds is 3. The lowest BCUT2D eigenvalue weighted by molar-refractivity contribution is 0.130. The van der Waals surface area contributed by atoms with Crippen molar-refractivity contribution in [1.82, 2.24) is 0 Å². The summed E-state index contributed by atoms with van der Waals surface area (Å²) in [6, 6.07) is 6.09. The molecule has 0 aliphatic heterocycles. The zero-order valence-electron chi connectivity index (χ0n) is 10.5. The summed E-state index contributed by atoms with van der Waals surface area (Å²) < 4.78 is 11.6. The molecule has 0 heterocycles. The summed E-state index contributed by atoms with van der Waals surface area (Å²) in [6.45, 7) is 8.22. The Balaban J connectivity index is 2.14. The van der Waals surface area contributed by atoms with Crippen molar-refractivity contribution in [3.8, 4) is 11.5 Å². The zero-order chi connectivity index (χ0) is 11.8. The fraction of sp³-hybridized carbons (Fsp3) is 0.571. The van der Waals surface area contributed by atoms with E-state index >= 15 is 0 Å². The monoisotopic (exact) mass is 220 g/mol. The van der Waals surface area contributed by atoms with Crippen LogP contribution in [0, 0.1) is 6.92 Å². The van der Waals surface area contributed by atoms with Gasteiger partial charge in [0.15, 0.2) is 0 Å². The largest absolute Gasteiger partial charge is 0.490 e. The predicted molar refractivity (Wildman–Crippen MR) is 65.2 cm³/mol. The molecule has 1 aliphatic rings. The number of benzene rings is 1. The van der Waals surface area contributed by atoms with Gasteiger partial charge in [-0.3, -0.25) is 0 Å². The van der Waals surface area contributed by atoms with Gasteiger partial charge in [-0.05, 0) is 58.2 Å². The summed E-state index contributed by atoms with van der Waals surface area (Å²) in [4.78, 5) is 0. The first-order chi connectivity index (χ1) is 7.42. The van der Waals surface area contributed by atoms with E-state index in [0.29, 0.717) is 6.10 Å². The van der Waals surface area contributed by atoms with Gasteiger partial charge in [0.05, 0.1) is 6.10 Å². The number of hydrogen-bond donors (Lipinski definition) is 0. The molecular formula is C14H20O2. The van der Waals surface area contributed by atoms with Crippen molar-refractivity contribution in [2.24, 2.45) is 0 Å². The number of aryl methyl sites for hydroxylation is 1. The molecule has 0 atom stereocenters. The van der Waals surface area contributed by atoms with Gasteiger partial charge < -0.3 is 9.47 Å². The normalized spacial score (nSPS) is 16.0. The van der Waals surface area contributed by atoms with Crippen LogP contribution >= 0.6 is 0 Å². The highest BCUT2D eigenvalue weighted by molar-refractivity contribution is 5.38. The molecule has 2 rings (SSSR count). The third-order valence-electron chi connectivity index (χ3n) is 2.28. The standard InChI is InChI=1S/C14H20O2/c1-10-7-12(15-11-5-6-11)9-13(8-10)16-14(2,3)4/h7-9,11H,5-6H2,1-4H3. The molecule has 2 heteroatoms. The van der Waals surface area contributed by atoms with Crippen LogP contribution < -0.4 is 9.47 Å². The summed E-state index contributed by atoms with van der Waals surface area (Å²) in [5.41, 5.74) is 1.02. The van der Waals surface area contributed by atoms with Crippen LogP contribution in [0.3, 0.4) is 0 Å². The van der Waals surface area contributed by atoms with Gasteiger partial charge in [0.2, 0.25) is 0 Å². The van der Waals surface area contributed by atoms with Crippen molar-refractivity contribution in [3.05, 3.63) is 23.8 Å². The van der Waals surface area contributed by atoms with Crippen molar-refractivity contribution in [2.75, 3.05) is 0 Å². The second-order valence-corrected chi connectivity index (χ2v) is 5.51. The van der Waals surface area contributed by atoms with E-state index in [9.17, 15) is 0 Å². The minimum Gasteiger partial charge on any atom is -0.490 e. The van der Waals surface area contributed by atoms with Crippen LogP contribution in [0.25, 0.3) is 0 Å². The summed E-state index contributed by atoms with van der Waals surface area (Å²) in [5, 5.41) is 0. The fourth-order valence-electron chi connectivity index (χ4n) is 1.57. The molecule has 1 fully saturated rings. The molecule has 1 aromatic carbocycles. The Bertz CT molecular complexity index is 373. The molecule has 1 saturated carbocycles. The highest BCUT2D eigenvalue weighted by atomic mass is 16.5. The van der Waals surface area contributed by atoms with Gasteiger partial charge in [-0.15, -0.1) is 0 Å². The number of hydrogen-bond acceptors (Lipinski definition) is 2. The van der Waals surface area contributed by atoms with Gasteiger partial charge in [-0.2, -0.15) is 0 Å². The van der Waals surface area contributed by atoms with Gasteiger partial charge in [0.1, 0.15) is 17.1 Å². The van der Waals surface area contributed by atoms with Crippen LogP contribution in [0.4, 0.5) is 0 Å². The van der Waals surface area contributed by atoms with Crippen molar-refractivity contribution >= 4 is 0 Å². The average molecular weight is 220 g/mol. The Morgan fingerprint density at radius 3 is 2.25 bits per heavy atom. The fourth-order valence-corrected chi connectivity index (χ4v) is 1.57. The summed E-state index contributed by atoms with van der Waals surface area (Å²) >= 11 is 0. The Morgan fingerprint density at radius 2 is 1.69 bits per heavy atom. The van der Waals surface area contributed by atoms with E-state index in [0.717, 1.165) is 11.5 Å². The van der Waals surface area contributed by atoms with Crippen LogP contribution in [0.1, 0.15) is 39.2 Å². The van der Waals surface area contributed by atoms with Crippen LogP contribution in [0.5, 0.6) is 11.5 Å². The quantitative estimate of drug-likeness (QED) is 0.773. The lowest BCUT2D eigenvalue weighted by Crippen LogP contribution is -2.23. The first kappa shape index (κ1) is 11.3. The number of ether oxygens (including phenoxy) is 2. The maximum absolute atomic E-state index is 5.85. The molecule has 16 heavy (non-hydrogen) atoms. The SMILES string of the molecule is Cc1cc(OC2CC2)cc(OC(C)(C)C)c1. The second-order valence-electron chi connectivity index (χ2n) is 5.51. The summed E-state index contributed by atoms with van der Waals surface area (Å²) in [7, 11) is 0. The van der Waals surface area contributed by atoms with Gasteiger partial charge in [-0.1, -0.05) is 0 Å². The third-order valence-corrected chi connectivity index (χ3v) is 2.28. The minimum atomic E-state index is -0.162. The maximum Gasteiger partial charge on any atom is 0.124 e. The van der Waals surface area contributed by atoms with Crippen molar-refractivity contribution in [1.29, 1.82) is 0 Å². The third kappa shape index (κ3) is 3.44. The first-order valence-corrected chi connectivity index (χ1v) is 5.90. The molecule has 1 aliphatic carbocycles. The van der Waals surface area contributed by atoms with Crippen LogP contribution in [-0.4, -0.2) is 11.7 Å². The molecule has 0 radical (unpaired) electrons. The van der Waals surface area contributed by atoms with Crippen LogP contribution in [-0.2, 0) is 0 Å². The minimum absolute atomic E-state index is 0.162. The Labute approximate surface area is 97.6 Å². The first-order valence-electron chi connectivity index (χ1n) is 5.90. The zero-order valence-corrected chi connectivity index (χ0v) is 10.5. The lowest BCUT2D eigenvalue weighted by atomic mass is 10.1. The van der Waals surface area contributed by atoms with Gasteiger partial charge >= 0.3 is 0 Å². The van der Waals surface area contributed by atoms with E-state index < -0.39 is 0 Å². The topological polar surface area (TPSA) is 18.5 Å². The highest BCUT2D eigenvalue weighted by Crippen LogP contribution is 2.31. The van der Waals surface area contributed by atoms with Gasteiger partial charge in [0, 0.05) is 6.07 Å². The molecule has 0 aromatic heterocycles. The average Bonchev–Trinajstić information content (AvgIpc) is 2.82. The van der Waals surface area contributed by atoms with Crippen molar-refractivity contribution in [3.63, 3.8) is 0 Å². The molecule has 0 unspecified atom stereocenters. The Kier molecular flexibility index (Phi) is 2.83. The summed E-state index contributed by atoms with van der Waals surface area (Å²) in [6.07, 6.45) is 2.80. The lowest BCUT2D eigenvalue weighted by Gasteiger charge is -2.22. The molecule has 88 valence electrons. The second kappa shape index (κ2) is 4.00. The van der Waals surface area contributed by atoms with E-state index in [1.807, 2.05) is 12.1 Å². The molecule has 0 spiro atoms. The van der Waals surface area contributed by atoms with Crippen LogP contribution in [0.2, 0.25) is 0 Å². The molecule has 0 saturated heterocycles. The molecule has 0 N–H and O–H groups in total. The van der Waals surface area contributed by atoms with E-state index in [1.165, 1.54) is 18.4 Å². The molecule has 0 bridgehead atoms. The Morgan fingerprint density at radius 1 is 1.06 bits per heavy atom. The predicted octanol–water partition coefficient (Wildman–Crippen LogP) is 3.71. The molecule has 1 aromatic rings. The molecule has 2 nitrogen and oxygen atoms in total. The Hall–Kier alpha value is -1.18. The smallest absolute Gasteiger partial charge is 0.124 e. The highest BCUT2D eigenvalue weighted by Gasteiger charge is 2.24. The van der Waals surface area contributed by atoms with E-state index in [1.54, 1.807) is 0 Å². The maximum atomic E-state index is 5.85. The van der Waals surface area contributed by atoms with E-state index in [4.69, 9.17) is 9.47 Å².